The second-order valence-corrected chi connectivity index (χ2v) is 9.62. The molecule has 1 heterocycles. The second kappa shape index (κ2) is 10.1. The molecule has 186 valence electrons. The van der Waals surface area contributed by atoms with Crippen LogP contribution in [0, 0.1) is 0 Å². The third-order valence-corrected chi connectivity index (χ3v) is 7.16. The number of carbonyl (C=O) groups excluding carboxylic acids is 2. The fourth-order valence-electron chi connectivity index (χ4n) is 5.26. The van der Waals surface area contributed by atoms with E-state index in [1.165, 1.54) is 4.90 Å². The Hall–Kier alpha value is -3.39. The maximum Gasteiger partial charge on any atom is 0.408 e. The van der Waals surface area contributed by atoms with Gasteiger partial charge in [-0.05, 0) is 42.6 Å². The van der Waals surface area contributed by atoms with Gasteiger partial charge in [0.15, 0.2) is 0 Å². The molecule has 2 amide bonds. The molecular formula is C27H33N3O5. The van der Waals surface area contributed by atoms with Gasteiger partial charge < -0.3 is 20.1 Å². The highest BCUT2D eigenvalue weighted by molar-refractivity contribution is 5.90. The van der Waals surface area contributed by atoms with Gasteiger partial charge in [0.05, 0.1) is 0 Å². The summed E-state index contributed by atoms with van der Waals surface area (Å²) in [6.45, 7) is 4.73. The molecule has 2 unspecified atom stereocenters. The first-order chi connectivity index (χ1) is 16.7. The number of carboxylic acid groups (broad SMARTS) is 1. The first-order valence-corrected chi connectivity index (χ1v) is 12.1. The highest BCUT2D eigenvalue weighted by Gasteiger charge is 2.42. The lowest BCUT2D eigenvalue weighted by atomic mass is 9.93. The molecule has 0 spiro atoms. The van der Waals surface area contributed by atoms with Gasteiger partial charge >= 0.3 is 12.1 Å². The summed E-state index contributed by atoms with van der Waals surface area (Å²) in [5, 5.41) is 12.3. The number of nitrogens with zero attached hydrogens (tertiary/aromatic N) is 2. The molecule has 2 atom stereocenters. The number of fused-ring (bicyclic) bond motifs is 3. The molecule has 8 heteroatoms. The van der Waals surface area contributed by atoms with Crippen molar-refractivity contribution in [2.24, 2.45) is 0 Å². The summed E-state index contributed by atoms with van der Waals surface area (Å²) in [7, 11) is 1.74. The molecule has 35 heavy (non-hydrogen) atoms. The van der Waals surface area contributed by atoms with Crippen LogP contribution in [0.2, 0.25) is 0 Å². The molecule has 0 aromatic heterocycles. The summed E-state index contributed by atoms with van der Waals surface area (Å²) >= 11 is 0. The molecule has 1 fully saturated rings. The Morgan fingerprint density at radius 2 is 1.66 bits per heavy atom. The van der Waals surface area contributed by atoms with Crippen molar-refractivity contribution in [3.63, 3.8) is 0 Å². The number of hydrogen-bond acceptors (Lipinski definition) is 5. The van der Waals surface area contributed by atoms with Gasteiger partial charge in [0.1, 0.15) is 18.2 Å². The molecule has 2 aliphatic rings. The number of ether oxygens (including phenoxy) is 1. The van der Waals surface area contributed by atoms with Gasteiger partial charge in [-0.2, -0.15) is 0 Å². The summed E-state index contributed by atoms with van der Waals surface area (Å²) in [6.07, 6.45) is 0.433. The smallest absolute Gasteiger partial charge is 0.408 e. The van der Waals surface area contributed by atoms with E-state index in [2.05, 4.69) is 29.6 Å². The normalized spacial score (nSPS) is 19.4. The largest absolute Gasteiger partial charge is 0.480 e. The molecule has 0 saturated carbocycles. The third kappa shape index (κ3) is 4.89. The van der Waals surface area contributed by atoms with E-state index in [9.17, 15) is 19.5 Å². The molecule has 0 radical (unpaired) electrons. The van der Waals surface area contributed by atoms with Crippen molar-refractivity contribution >= 4 is 18.0 Å². The number of nitrogens with one attached hydrogen (secondary N) is 1. The fraction of sp³-hybridized carbons (Fsp3) is 0.444. The number of rotatable bonds is 7. The van der Waals surface area contributed by atoms with Gasteiger partial charge in [-0.3, -0.25) is 14.5 Å². The van der Waals surface area contributed by atoms with Crippen molar-refractivity contribution in [1.82, 2.24) is 15.1 Å². The van der Waals surface area contributed by atoms with E-state index in [1.54, 1.807) is 18.9 Å². The molecule has 2 aromatic rings. The molecule has 8 nitrogen and oxygen atoms in total. The number of alkyl carbamates (subject to hydrolysis) is 1. The van der Waals surface area contributed by atoms with Crippen LogP contribution in [-0.4, -0.2) is 77.7 Å². The minimum absolute atomic E-state index is 0.0739. The maximum absolute atomic E-state index is 13.5. The van der Waals surface area contributed by atoms with Gasteiger partial charge in [-0.25, -0.2) is 4.79 Å². The standard InChI is InChI=1S/C27H33N3O5/c1-4-13-27(2,25(33)30-15-14-29(3)23(16-30)24(31)32)28-26(34)35-17-22-20-11-7-5-9-18(20)19-10-6-8-12-21(19)22/h5-12,22-23H,4,13-17H2,1-3H3,(H,28,34)(H,31,32). The van der Waals surface area contributed by atoms with Crippen molar-refractivity contribution in [1.29, 1.82) is 0 Å². The quantitative estimate of drug-likeness (QED) is 0.632. The van der Waals surface area contributed by atoms with Gasteiger partial charge in [0.2, 0.25) is 5.91 Å². The van der Waals surface area contributed by atoms with E-state index >= 15 is 0 Å². The molecule has 1 aliphatic heterocycles. The third-order valence-electron chi connectivity index (χ3n) is 7.16. The van der Waals surface area contributed by atoms with Crippen LogP contribution in [0.15, 0.2) is 48.5 Å². The molecule has 4 rings (SSSR count). The second-order valence-electron chi connectivity index (χ2n) is 9.62. The van der Waals surface area contributed by atoms with Crippen molar-refractivity contribution in [3.05, 3.63) is 59.7 Å². The Morgan fingerprint density at radius 3 is 2.23 bits per heavy atom. The number of aliphatic carboxylic acids is 1. The summed E-state index contributed by atoms with van der Waals surface area (Å²) in [4.78, 5) is 41.2. The van der Waals surface area contributed by atoms with Crippen molar-refractivity contribution in [2.45, 2.75) is 44.2 Å². The number of carboxylic acids is 1. The lowest BCUT2D eigenvalue weighted by Gasteiger charge is -2.41. The van der Waals surface area contributed by atoms with E-state index in [0.717, 1.165) is 22.3 Å². The number of likely N-dealkylation sites (N-methyl/N-ethyl adjacent to an activating group) is 1. The highest BCUT2D eigenvalue weighted by Crippen LogP contribution is 2.44. The van der Waals surface area contributed by atoms with Crippen LogP contribution in [0.3, 0.4) is 0 Å². The van der Waals surface area contributed by atoms with Crippen LogP contribution in [0.1, 0.15) is 43.7 Å². The topological polar surface area (TPSA) is 99.2 Å². The van der Waals surface area contributed by atoms with E-state index in [1.807, 2.05) is 31.2 Å². The summed E-state index contributed by atoms with van der Waals surface area (Å²) in [5.41, 5.74) is 3.34. The predicted octanol–water partition coefficient (Wildman–Crippen LogP) is 3.31. The summed E-state index contributed by atoms with van der Waals surface area (Å²) < 4.78 is 5.67. The molecule has 0 bridgehead atoms. The highest BCUT2D eigenvalue weighted by atomic mass is 16.5. The zero-order chi connectivity index (χ0) is 25.2. The molecule has 2 aromatic carbocycles. The minimum Gasteiger partial charge on any atom is -0.480 e. The van der Waals surface area contributed by atoms with Gasteiger partial charge in [0.25, 0.3) is 0 Å². The number of piperazine rings is 1. The average Bonchev–Trinajstić information content (AvgIpc) is 3.16. The van der Waals surface area contributed by atoms with Crippen molar-refractivity contribution in [2.75, 3.05) is 33.3 Å². The van der Waals surface area contributed by atoms with Crippen LogP contribution in [-0.2, 0) is 14.3 Å². The van der Waals surface area contributed by atoms with Crippen LogP contribution in [0.25, 0.3) is 11.1 Å². The SMILES string of the molecule is CCCC(C)(NC(=O)OCC1c2ccccc2-c2ccccc21)C(=O)N1CCN(C)C(C(=O)O)C1. The lowest BCUT2D eigenvalue weighted by Crippen LogP contribution is -2.63. The maximum atomic E-state index is 13.5. The van der Waals surface area contributed by atoms with E-state index < -0.39 is 23.6 Å². The number of carbonyl (C=O) groups is 3. The Balaban J connectivity index is 1.45. The number of benzene rings is 2. The first kappa shape index (κ1) is 24.7. The Morgan fingerprint density at radius 1 is 1.06 bits per heavy atom. The van der Waals surface area contributed by atoms with Crippen LogP contribution < -0.4 is 5.32 Å². The van der Waals surface area contributed by atoms with Crippen LogP contribution in [0.5, 0.6) is 0 Å². The predicted molar refractivity (Wildman–Crippen MR) is 132 cm³/mol. The van der Waals surface area contributed by atoms with Gasteiger partial charge in [-0.15, -0.1) is 0 Å². The minimum atomic E-state index is -1.18. The van der Waals surface area contributed by atoms with Crippen molar-refractivity contribution in [3.8, 4) is 11.1 Å². The zero-order valence-corrected chi connectivity index (χ0v) is 20.5. The van der Waals surface area contributed by atoms with Crippen molar-refractivity contribution < 1.29 is 24.2 Å². The average molecular weight is 480 g/mol. The Kier molecular flexibility index (Phi) is 7.12. The van der Waals surface area contributed by atoms with E-state index in [0.29, 0.717) is 25.9 Å². The molecule has 1 saturated heterocycles. The van der Waals surface area contributed by atoms with Crippen LogP contribution in [0.4, 0.5) is 4.79 Å². The fourth-order valence-corrected chi connectivity index (χ4v) is 5.26. The molecule has 1 aliphatic carbocycles. The Bertz CT molecular complexity index is 1070. The number of amides is 2. The lowest BCUT2D eigenvalue weighted by molar-refractivity contribution is -0.149. The van der Waals surface area contributed by atoms with E-state index in [-0.39, 0.29) is 25.0 Å². The molecular weight excluding hydrogens is 446 g/mol. The summed E-state index contributed by atoms with van der Waals surface area (Å²) in [6, 6.07) is 15.5. The Labute approximate surface area is 205 Å². The van der Waals surface area contributed by atoms with Gasteiger partial charge in [0, 0.05) is 25.6 Å². The van der Waals surface area contributed by atoms with Gasteiger partial charge in [-0.1, -0.05) is 61.9 Å². The first-order valence-electron chi connectivity index (χ1n) is 12.1. The molecule has 2 N–H and O–H groups in total. The summed E-state index contributed by atoms with van der Waals surface area (Å²) in [5.74, 6) is -1.32. The van der Waals surface area contributed by atoms with E-state index in [4.69, 9.17) is 4.74 Å². The zero-order valence-electron chi connectivity index (χ0n) is 20.5. The monoisotopic (exact) mass is 479 g/mol. The number of hydrogen-bond donors (Lipinski definition) is 2. The van der Waals surface area contributed by atoms with Crippen LogP contribution >= 0.6 is 0 Å².